The van der Waals surface area contributed by atoms with Crippen molar-refractivity contribution in [3.8, 4) is 6.07 Å². The number of benzene rings is 2. The number of halogens is 1. The Kier molecular flexibility index (Phi) is 7.97. The van der Waals surface area contributed by atoms with Crippen molar-refractivity contribution in [2.45, 2.75) is 50.8 Å². The van der Waals surface area contributed by atoms with Crippen LogP contribution in [0, 0.1) is 30.6 Å². The number of hydrogen-bond acceptors (Lipinski definition) is 9. The Hall–Kier alpha value is -3.65. The molecule has 1 aliphatic carbocycles. The number of nitrogens with one attached hydrogen (secondary N) is 1. The Morgan fingerprint density at radius 1 is 1.22 bits per heavy atom. The van der Waals surface area contributed by atoms with Gasteiger partial charge in [-0.05, 0) is 60.6 Å². The van der Waals surface area contributed by atoms with E-state index < -0.39 is 5.92 Å². The fourth-order valence-corrected chi connectivity index (χ4v) is 7.07. The number of aryl methyl sites for hydroxylation is 1. The van der Waals surface area contributed by atoms with Gasteiger partial charge in [-0.15, -0.1) is 10.2 Å². The lowest BCUT2D eigenvalue weighted by Gasteiger charge is -2.42. The van der Waals surface area contributed by atoms with Crippen LogP contribution in [0.25, 0.3) is 0 Å². The zero-order valence-electron chi connectivity index (χ0n) is 23.1. The van der Waals surface area contributed by atoms with Crippen LogP contribution in [0.5, 0.6) is 0 Å². The Balaban J connectivity index is 1.46. The van der Waals surface area contributed by atoms with Crippen LogP contribution in [0.4, 0.5) is 10.8 Å². The molecular formula is C30H29ClN6O2S2. The van der Waals surface area contributed by atoms with Gasteiger partial charge >= 0.3 is 0 Å². The van der Waals surface area contributed by atoms with Gasteiger partial charge in [-0.25, -0.2) is 0 Å². The molecule has 210 valence electrons. The number of hydrogen-bond donors (Lipinski definition) is 2. The molecule has 0 radical (unpaired) electrons. The quantitative estimate of drug-likeness (QED) is 0.306. The van der Waals surface area contributed by atoms with Crippen LogP contribution in [0.1, 0.15) is 49.3 Å². The zero-order chi connectivity index (χ0) is 29.5. The molecule has 5 rings (SSSR count). The summed E-state index contributed by atoms with van der Waals surface area (Å²) in [5.41, 5.74) is 11.6. The normalized spacial score (nSPS) is 18.3. The molecule has 0 fully saturated rings. The van der Waals surface area contributed by atoms with E-state index in [4.69, 9.17) is 17.3 Å². The summed E-state index contributed by atoms with van der Waals surface area (Å²) in [6.07, 6.45) is 0.924. The average Bonchev–Trinajstić information content (AvgIpc) is 3.38. The largest absolute Gasteiger partial charge is 0.384 e. The lowest BCUT2D eigenvalue weighted by Crippen LogP contribution is -2.42. The number of anilines is 2. The van der Waals surface area contributed by atoms with Gasteiger partial charge in [0, 0.05) is 28.4 Å². The molecule has 0 spiro atoms. The summed E-state index contributed by atoms with van der Waals surface area (Å²) in [5, 5.41) is 22.9. The van der Waals surface area contributed by atoms with Crippen molar-refractivity contribution < 1.29 is 9.59 Å². The van der Waals surface area contributed by atoms with Crippen LogP contribution in [-0.4, -0.2) is 27.6 Å². The molecule has 8 nitrogen and oxygen atoms in total. The van der Waals surface area contributed by atoms with E-state index >= 15 is 0 Å². The molecule has 0 saturated heterocycles. The van der Waals surface area contributed by atoms with Crippen molar-refractivity contribution in [2.24, 2.45) is 11.1 Å². The predicted molar refractivity (Wildman–Crippen MR) is 164 cm³/mol. The number of nitrogens with zero attached hydrogens (tertiary/aromatic N) is 4. The van der Waals surface area contributed by atoms with E-state index in [2.05, 4.69) is 21.6 Å². The first-order valence-electron chi connectivity index (χ1n) is 13.0. The minimum Gasteiger partial charge on any atom is -0.384 e. The summed E-state index contributed by atoms with van der Waals surface area (Å²) < 4.78 is 0.575. The molecule has 2 heterocycles. The lowest BCUT2D eigenvalue weighted by molar-refractivity contribution is -0.118. The van der Waals surface area contributed by atoms with Crippen LogP contribution in [0.15, 0.2) is 69.5 Å². The molecule has 2 aromatic carbocycles. The summed E-state index contributed by atoms with van der Waals surface area (Å²) in [7, 11) is 0. The molecular weight excluding hydrogens is 576 g/mol. The summed E-state index contributed by atoms with van der Waals surface area (Å²) in [4.78, 5) is 28.0. The van der Waals surface area contributed by atoms with E-state index in [1.807, 2.05) is 58.0 Å². The maximum atomic E-state index is 13.7. The molecule has 11 heteroatoms. The maximum absolute atomic E-state index is 13.7. The smallest absolute Gasteiger partial charge is 0.234 e. The third-order valence-electron chi connectivity index (χ3n) is 7.38. The SMILES string of the molecule is Cc1cccc(NC(=O)CSc2nnc(N3C(N)=C(C#N)C(c4ccc(Cl)cc4)C4=C3CC(C)(C)CC4=O)s2)c1C. The number of amides is 1. The standard InChI is InChI=1S/C30H29ClN6O2S2/c1-16-6-5-7-21(17(16)2)34-24(39)15-40-29-36-35-28(41-29)37-22-12-30(3,4)13-23(38)26(22)25(20(14-32)27(37)33)18-8-10-19(31)11-9-18/h5-11,25H,12-13,15,33H2,1-4H3,(H,34,39). The highest BCUT2D eigenvalue weighted by Crippen LogP contribution is 2.50. The van der Waals surface area contributed by atoms with Gasteiger partial charge in [0.05, 0.1) is 23.3 Å². The average molecular weight is 605 g/mol. The molecule has 1 aliphatic heterocycles. The fraction of sp³-hybridized carbons (Fsp3) is 0.300. The molecule has 3 aromatic rings. The van der Waals surface area contributed by atoms with Crippen LogP contribution in [0.3, 0.4) is 0 Å². The number of Topliss-reactive ketones (excluding diaryl/α,β-unsaturated/α-hetero) is 1. The third-order valence-corrected chi connectivity index (χ3v) is 9.67. The van der Waals surface area contributed by atoms with E-state index in [1.54, 1.807) is 17.0 Å². The zero-order valence-corrected chi connectivity index (χ0v) is 25.5. The van der Waals surface area contributed by atoms with Gasteiger partial charge in [-0.2, -0.15) is 5.26 Å². The van der Waals surface area contributed by atoms with Crippen LogP contribution in [0.2, 0.25) is 5.02 Å². The van der Waals surface area contributed by atoms with Crippen LogP contribution in [-0.2, 0) is 9.59 Å². The second-order valence-corrected chi connectivity index (χ2v) is 13.6. The van der Waals surface area contributed by atoms with Gasteiger partial charge in [0.2, 0.25) is 11.0 Å². The highest BCUT2D eigenvalue weighted by Gasteiger charge is 2.45. The minimum atomic E-state index is -0.595. The molecule has 41 heavy (non-hydrogen) atoms. The number of carbonyl (C=O) groups excluding carboxylic acids is 2. The number of nitriles is 1. The fourth-order valence-electron chi connectivity index (χ4n) is 5.27. The second kappa shape index (κ2) is 11.3. The van der Waals surface area contributed by atoms with Gasteiger partial charge in [0.15, 0.2) is 10.1 Å². The van der Waals surface area contributed by atoms with E-state index in [0.717, 1.165) is 28.1 Å². The first kappa shape index (κ1) is 28.9. The van der Waals surface area contributed by atoms with Gasteiger partial charge < -0.3 is 11.1 Å². The van der Waals surface area contributed by atoms with E-state index in [0.29, 0.717) is 32.9 Å². The topological polar surface area (TPSA) is 125 Å². The number of thioether (sulfide) groups is 1. The Morgan fingerprint density at radius 3 is 2.66 bits per heavy atom. The monoisotopic (exact) mass is 604 g/mol. The number of carbonyl (C=O) groups is 2. The molecule has 1 aromatic heterocycles. The Bertz CT molecular complexity index is 1650. The molecule has 1 amide bonds. The predicted octanol–water partition coefficient (Wildman–Crippen LogP) is 6.48. The highest BCUT2D eigenvalue weighted by atomic mass is 35.5. The van der Waals surface area contributed by atoms with Gasteiger partial charge in [0.25, 0.3) is 0 Å². The Morgan fingerprint density at radius 2 is 1.95 bits per heavy atom. The first-order chi connectivity index (χ1) is 19.5. The minimum absolute atomic E-state index is 0.0244. The Labute approximate surface area is 252 Å². The van der Waals surface area contributed by atoms with Gasteiger partial charge in [0.1, 0.15) is 5.82 Å². The van der Waals surface area contributed by atoms with Crippen LogP contribution >= 0.6 is 34.7 Å². The van der Waals surface area contributed by atoms with E-state index in [-0.39, 0.29) is 34.3 Å². The van der Waals surface area contributed by atoms with Crippen LogP contribution < -0.4 is 16.0 Å². The van der Waals surface area contributed by atoms with Gasteiger partial charge in [-0.3, -0.25) is 14.5 Å². The lowest BCUT2D eigenvalue weighted by atomic mass is 9.69. The van der Waals surface area contributed by atoms with E-state index in [1.165, 1.54) is 23.1 Å². The molecule has 2 aliphatic rings. The second-order valence-electron chi connectivity index (χ2n) is 11.0. The summed E-state index contributed by atoms with van der Waals surface area (Å²) in [5.74, 6) is -0.405. The number of nitrogens with two attached hydrogens (primary N) is 1. The molecule has 0 saturated carbocycles. The maximum Gasteiger partial charge on any atom is 0.234 e. The first-order valence-corrected chi connectivity index (χ1v) is 15.2. The molecule has 3 N–H and O–H groups in total. The van der Waals surface area contributed by atoms with Crippen molar-refractivity contribution in [3.63, 3.8) is 0 Å². The van der Waals surface area contributed by atoms with E-state index in [9.17, 15) is 14.9 Å². The molecule has 1 atom stereocenters. The molecule has 0 bridgehead atoms. The molecule has 1 unspecified atom stereocenters. The summed E-state index contributed by atoms with van der Waals surface area (Å²) in [6, 6.07) is 15.2. The third kappa shape index (κ3) is 5.75. The summed E-state index contributed by atoms with van der Waals surface area (Å²) in [6.45, 7) is 8.05. The van der Waals surface area contributed by atoms with Gasteiger partial charge in [-0.1, -0.05) is 72.8 Å². The summed E-state index contributed by atoms with van der Waals surface area (Å²) >= 11 is 8.66. The van der Waals surface area contributed by atoms with Crippen molar-refractivity contribution in [3.05, 3.63) is 86.8 Å². The number of allylic oxidation sites excluding steroid dienone is 3. The number of ketones is 1. The van der Waals surface area contributed by atoms with Crippen molar-refractivity contribution in [1.29, 1.82) is 5.26 Å². The number of aromatic nitrogens is 2. The van der Waals surface area contributed by atoms with Crippen molar-refractivity contribution >= 4 is 57.2 Å². The van der Waals surface area contributed by atoms with Crippen molar-refractivity contribution in [1.82, 2.24) is 10.2 Å². The van der Waals surface area contributed by atoms with Crippen molar-refractivity contribution in [2.75, 3.05) is 16.0 Å². The highest BCUT2D eigenvalue weighted by molar-refractivity contribution is 8.01. The number of rotatable bonds is 6.